The number of nitrogens with zero attached hydrogens (tertiary/aromatic N) is 1. The Bertz CT molecular complexity index is 548. The predicted octanol–water partition coefficient (Wildman–Crippen LogP) is 3.27. The predicted molar refractivity (Wildman–Crippen MR) is 90.0 cm³/mol. The van der Waals surface area contributed by atoms with Gasteiger partial charge in [0.2, 0.25) is 0 Å². The number of rotatable bonds is 4. The van der Waals surface area contributed by atoms with Crippen LogP contribution in [0.3, 0.4) is 0 Å². The molecule has 1 aliphatic rings. The molecular weight excluding hydrogens is 256 g/mol. The summed E-state index contributed by atoms with van der Waals surface area (Å²) in [6.45, 7) is 5.44. The molecule has 0 aromatic heterocycles. The first-order valence-corrected chi connectivity index (χ1v) is 7.96. The van der Waals surface area contributed by atoms with Crippen molar-refractivity contribution in [2.75, 3.05) is 24.5 Å². The van der Waals surface area contributed by atoms with Crippen molar-refractivity contribution in [3.8, 4) is 0 Å². The largest absolute Gasteiger partial charge is 0.369 e. The highest BCUT2D eigenvalue weighted by molar-refractivity contribution is 5.48. The summed E-state index contributed by atoms with van der Waals surface area (Å²) in [6, 6.07) is 20.3. The van der Waals surface area contributed by atoms with Gasteiger partial charge >= 0.3 is 0 Å². The van der Waals surface area contributed by atoms with Crippen LogP contribution in [0.15, 0.2) is 54.6 Å². The Morgan fingerprint density at radius 3 is 2.48 bits per heavy atom. The fourth-order valence-electron chi connectivity index (χ4n) is 3.04. The first-order chi connectivity index (χ1) is 10.3. The molecule has 1 atom stereocenters. The summed E-state index contributed by atoms with van der Waals surface area (Å²) in [5.74, 6) is 0. The Labute approximate surface area is 127 Å². The molecule has 1 saturated heterocycles. The van der Waals surface area contributed by atoms with E-state index in [0.717, 1.165) is 32.5 Å². The van der Waals surface area contributed by atoms with Gasteiger partial charge in [-0.3, -0.25) is 0 Å². The molecule has 1 heterocycles. The fraction of sp³-hybridized carbons (Fsp3) is 0.368. The molecule has 1 fully saturated rings. The maximum atomic E-state index is 3.65. The standard InChI is InChI=1S/C19H24N2/c1-2-16-8-10-19(11-9-16)21-13-12-20-18(15-21)14-17-6-4-3-5-7-17/h3-11,18,20H,2,12-15H2,1H3. The van der Waals surface area contributed by atoms with Crippen LogP contribution in [0, 0.1) is 0 Å². The Balaban J connectivity index is 1.64. The zero-order chi connectivity index (χ0) is 14.5. The van der Waals surface area contributed by atoms with Crippen LogP contribution in [-0.4, -0.2) is 25.7 Å². The van der Waals surface area contributed by atoms with Crippen LogP contribution in [-0.2, 0) is 12.8 Å². The molecule has 0 spiro atoms. The van der Waals surface area contributed by atoms with Gasteiger partial charge in [-0.05, 0) is 36.1 Å². The highest BCUT2D eigenvalue weighted by atomic mass is 15.2. The Morgan fingerprint density at radius 2 is 1.76 bits per heavy atom. The second-order valence-electron chi connectivity index (χ2n) is 5.81. The molecule has 1 unspecified atom stereocenters. The molecule has 0 saturated carbocycles. The van der Waals surface area contributed by atoms with Crippen molar-refractivity contribution < 1.29 is 0 Å². The molecule has 0 radical (unpaired) electrons. The third-order valence-corrected chi connectivity index (χ3v) is 4.29. The van der Waals surface area contributed by atoms with Gasteiger partial charge in [-0.2, -0.15) is 0 Å². The molecule has 110 valence electrons. The number of hydrogen-bond acceptors (Lipinski definition) is 2. The monoisotopic (exact) mass is 280 g/mol. The van der Waals surface area contributed by atoms with Gasteiger partial charge in [-0.25, -0.2) is 0 Å². The molecule has 2 aromatic carbocycles. The first kappa shape index (κ1) is 14.2. The minimum Gasteiger partial charge on any atom is -0.369 e. The van der Waals surface area contributed by atoms with E-state index in [-0.39, 0.29) is 0 Å². The second kappa shape index (κ2) is 6.77. The molecule has 0 amide bonds. The van der Waals surface area contributed by atoms with Crippen molar-refractivity contribution in [2.24, 2.45) is 0 Å². The Morgan fingerprint density at radius 1 is 1.00 bits per heavy atom. The maximum absolute atomic E-state index is 3.65. The number of anilines is 1. The molecule has 2 nitrogen and oxygen atoms in total. The van der Waals surface area contributed by atoms with Crippen molar-refractivity contribution in [2.45, 2.75) is 25.8 Å². The molecule has 3 rings (SSSR count). The van der Waals surface area contributed by atoms with E-state index in [9.17, 15) is 0 Å². The molecule has 0 aliphatic carbocycles. The van der Waals surface area contributed by atoms with Gasteiger partial charge in [0.15, 0.2) is 0 Å². The number of benzene rings is 2. The smallest absolute Gasteiger partial charge is 0.0367 e. The molecule has 0 bridgehead atoms. The zero-order valence-electron chi connectivity index (χ0n) is 12.8. The van der Waals surface area contributed by atoms with Crippen LogP contribution in [0.2, 0.25) is 0 Å². The summed E-state index contributed by atoms with van der Waals surface area (Å²) in [5.41, 5.74) is 4.18. The number of hydrogen-bond donors (Lipinski definition) is 1. The van der Waals surface area contributed by atoms with Crippen LogP contribution in [0.4, 0.5) is 5.69 Å². The minimum absolute atomic E-state index is 0.534. The van der Waals surface area contributed by atoms with Gasteiger partial charge in [0.05, 0.1) is 0 Å². The molecule has 2 heteroatoms. The Kier molecular flexibility index (Phi) is 4.56. The number of aryl methyl sites for hydroxylation is 1. The lowest BCUT2D eigenvalue weighted by Gasteiger charge is -2.35. The van der Waals surface area contributed by atoms with Crippen molar-refractivity contribution in [3.05, 3.63) is 65.7 Å². The van der Waals surface area contributed by atoms with E-state index in [0.29, 0.717) is 6.04 Å². The topological polar surface area (TPSA) is 15.3 Å². The van der Waals surface area contributed by atoms with Crippen LogP contribution in [0.1, 0.15) is 18.1 Å². The SMILES string of the molecule is CCc1ccc(N2CCNC(Cc3ccccc3)C2)cc1. The lowest BCUT2D eigenvalue weighted by atomic mass is 10.0. The van der Waals surface area contributed by atoms with E-state index in [1.807, 2.05) is 0 Å². The molecule has 2 aromatic rings. The Hall–Kier alpha value is -1.80. The normalized spacial score (nSPS) is 18.7. The lowest BCUT2D eigenvalue weighted by Crippen LogP contribution is -2.51. The minimum atomic E-state index is 0.534. The summed E-state index contributed by atoms with van der Waals surface area (Å²) >= 11 is 0. The summed E-state index contributed by atoms with van der Waals surface area (Å²) in [5, 5.41) is 3.65. The van der Waals surface area contributed by atoms with E-state index in [1.54, 1.807) is 0 Å². The summed E-state index contributed by atoms with van der Waals surface area (Å²) in [6.07, 6.45) is 2.21. The average molecular weight is 280 g/mol. The van der Waals surface area contributed by atoms with Crippen LogP contribution in [0.25, 0.3) is 0 Å². The number of piperazine rings is 1. The van der Waals surface area contributed by atoms with Crippen molar-refractivity contribution in [1.82, 2.24) is 5.32 Å². The highest BCUT2D eigenvalue weighted by Gasteiger charge is 2.19. The molecular formula is C19H24N2. The summed E-state index contributed by atoms with van der Waals surface area (Å²) in [4.78, 5) is 2.50. The third kappa shape index (κ3) is 3.64. The molecule has 1 aliphatic heterocycles. The van der Waals surface area contributed by atoms with Gasteiger partial charge in [0.25, 0.3) is 0 Å². The van der Waals surface area contributed by atoms with Gasteiger partial charge in [-0.1, -0.05) is 49.4 Å². The van der Waals surface area contributed by atoms with Crippen molar-refractivity contribution in [1.29, 1.82) is 0 Å². The van der Waals surface area contributed by atoms with E-state index in [4.69, 9.17) is 0 Å². The third-order valence-electron chi connectivity index (χ3n) is 4.29. The van der Waals surface area contributed by atoms with E-state index in [2.05, 4.69) is 71.7 Å². The van der Waals surface area contributed by atoms with E-state index in [1.165, 1.54) is 16.8 Å². The molecule has 1 N–H and O–H groups in total. The van der Waals surface area contributed by atoms with E-state index < -0.39 is 0 Å². The van der Waals surface area contributed by atoms with Crippen LogP contribution < -0.4 is 10.2 Å². The van der Waals surface area contributed by atoms with Gasteiger partial charge in [0, 0.05) is 31.4 Å². The summed E-state index contributed by atoms with van der Waals surface area (Å²) in [7, 11) is 0. The maximum Gasteiger partial charge on any atom is 0.0367 e. The van der Waals surface area contributed by atoms with Gasteiger partial charge < -0.3 is 10.2 Å². The quantitative estimate of drug-likeness (QED) is 0.924. The fourth-order valence-corrected chi connectivity index (χ4v) is 3.04. The van der Waals surface area contributed by atoms with Crippen LogP contribution >= 0.6 is 0 Å². The van der Waals surface area contributed by atoms with E-state index >= 15 is 0 Å². The zero-order valence-corrected chi connectivity index (χ0v) is 12.8. The van der Waals surface area contributed by atoms with Gasteiger partial charge in [-0.15, -0.1) is 0 Å². The highest BCUT2D eigenvalue weighted by Crippen LogP contribution is 2.18. The van der Waals surface area contributed by atoms with Gasteiger partial charge in [0.1, 0.15) is 0 Å². The first-order valence-electron chi connectivity index (χ1n) is 7.96. The average Bonchev–Trinajstić information content (AvgIpc) is 2.56. The molecule has 21 heavy (non-hydrogen) atoms. The second-order valence-corrected chi connectivity index (χ2v) is 5.81. The van der Waals surface area contributed by atoms with Crippen molar-refractivity contribution in [3.63, 3.8) is 0 Å². The number of nitrogens with one attached hydrogen (secondary N) is 1. The lowest BCUT2D eigenvalue weighted by molar-refractivity contribution is 0.455. The summed E-state index contributed by atoms with van der Waals surface area (Å²) < 4.78 is 0. The van der Waals surface area contributed by atoms with Crippen LogP contribution in [0.5, 0.6) is 0 Å². The van der Waals surface area contributed by atoms with Crippen molar-refractivity contribution >= 4 is 5.69 Å².